The van der Waals surface area contributed by atoms with Gasteiger partial charge in [0.15, 0.2) is 0 Å². The molecule has 164 valence electrons. The number of carbonyl (C=O) groups excluding carboxylic acids is 2. The molecule has 6 nitrogen and oxygen atoms in total. The van der Waals surface area contributed by atoms with E-state index in [0.717, 1.165) is 11.1 Å². The first kappa shape index (κ1) is 21.7. The highest BCUT2D eigenvalue weighted by Gasteiger charge is 2.36. The number of hydrogen-bond donors (Lipinski definition) is 3. The molecule has 0 radical (unpaired) electrons. The summed E-state index contributed by atoms with van der Waals surface area (Å²) in [6.07, 6.45) is -1.31. The number of aliphatic hydroxyl groups is 1. The van der Waals surface area contributed by atoms with E-state index >= 15 is 0 Å². The molecule has 3 aromatic carbocycles. The Morgan fingerprint density at radius 1 is 0.812 bits per heavy atom. The molecule has 0 bridgehead atoms. The van der Waals surface area contributed by atoms with Crippen LogP contribution in [-0.2, 0) is 4.74 Å². The lowest BCUT2D eigenvalue weighted by molar-refractivity contribution is 0.0384. The molecule has 1 aliphatic heterocycles. The van der Waals surface area contributed by atoms with Gasteiger partial charge in [-0.2, -0.15) is 0 Å². The molecule has 6 heteroatoms. The Kier molecular flexibility index (Phi) is 6.94. The molecule has 0 spiro atoms. The normalized spacial score (nSPS) is 20.0. The molecule has 32 heavy (non-hydrogen) atoms. The molecule has 4 rings (SSSR count). The van der Waals surface area contributed by atoms with Crippen molar-refractivity contribution in [2.24, 2.45) is 5.92 Å². The van der Waals surface area contributed by atoms with E-state index in [4.69, 9.17) is 4.74 Å². The maximum atomic E-state index is 12.9. The largest absolute Gasteiger partial charge is 0.390 e. The van der Waals surface area contributed by atoms with Gasteiger partial charge in [-0.3, -0.25) is 9.59 Å². The van der Waals surface area contributed by atoms with E-state index in [1.165, 1.54) is 0 Å². The van der Waals surface area contributed by atoms with Gasteiger partial charge in [0.25, 0.3) is 11.8 Å². The lowest BCUT2D eigenvalue weighted by Gasteiger charge is -2.19. The molecule has 0 unspecified atom stereocenters. The number of hydrogen-bond acceptors (Lipinski definition) is 4. The van der Waals surface area contributed by atoms with Crippen LogP contribution in [-0.4, -0.2) is 48.8 Å². The second-order valence-electron chi connectivity index (χ2n) is 7.82. The molecular formula is C26H26N2O4. The van der Waals surface area contributed by atoms with Crippen molar-refractivity contribution in [3.05, 3.63) is 96.1 Å². The van der Waals surface area contributed by atoms with Crippen molar-refractivity contribution in [2.45, 2.75) is 12.2 Å². The summed E-state index contributed by atoms with van der Waals surface area (Å²) in [5.74, 6) is -0.644. The third-order valence-electron chi connectivity index (χ3n) is 5.67. The number of rotatable bonds is 7. The fourth-order valence-electron chi connectivity index (χ4n) is 3.86. The molecule has 0 saturated carbocycles. The van der Waals surface area contributed by atoms with Crippen LogP contribution in [0.3, 0.4) is 0 Å². The highest BCUT2D eigenvalue weighted by atomic mass is 16.5. The van der Waals surface area contributed by atoms with Gasteiger partial charge in [-0.15, -0.1) is 0 Å². The third-order valence-corrected chi connectivity index (χ3v) is 5.67. The molecule has 2 amide bonds. The lowest BCUT2D eigenvalue weighted by Crippen LogP contribution is -2.41. The molecule has 3 N–H and O–H groups in total. The first-order valence-corrected chi connectivity index (χ1v) is 10.7. The van der Waals surface area contributed by atoms with E-state index < -0.39 is 12.2 Å². The van der Waals surface area contributed by atoms with Crippen LogP contribution in [0.1, 0.15) is 20.7 Å². The molecular weight excluding hydrogens is 404 g/mol. The third kappa shape index (κ3) is 5.04. The van der Waals surface area contributed by atoms with Crippen molar-refractivity contribution >= 4 is 11.8 Å². The monoisotopic (exact) mass is 430 g/mol. The zero-order valence-electron chi connectivity index (χ0n) is 17.6. The van der Waals surface area contributed by atoms with E-state index in [1.54, 1.807) is 30.3 Å². The first-order valence-electron chi connectivity index (χ1n) is 10.7. The van der Waals surface area contributed by atoms with Crippen LogP contribution in [0.25, 0.3) is 11.1 Å². The molecule has 0 aromatic heterocycles. The summed E-state index contributed by atoms with van der Waals surface area (Å²) in [7, 11) is 0. The number of carbonyl (C=O) groups is 2. The topological polar surface area (TPSA) is 87.7 Å². The zero-order chi connectivity index (χ0) is 22.3. The van der Waals surface area contributed by atoms with Gasteiger partial charge in [-0.05, 0) is 29.3 Å². The maximum absolute atomic E-state index is 12.9. The Hall–Kier alpha value is -3.48. The van der Waals surface area contributed by atoms with Gasteiger partial charge in [0.1, 0.15) is 6.10 Å². The number of amides is 2. The van der Waals surface area contributed by atoms with Gasteiger partial charge in [0, 0.05) is 30.1 Å². The highest BCUT2D eigenvalue weighted by Crippen LogP contribution is 2.24. The van der Waals surface area contributed by atoms with Crippen molar-refractivity contribution in [3.8, 4) is 11.1 Å². The maximum Gasteiger partial charge on any atom is 0.252 e. The van der Waals surface area contributed by atoms with Gasteiger partial charge in [-0.25, -0.2) is 0 Å². The predicted octanol–water partition coefficient (Wildman–Crippen LogP) is 2.89. The van der Waals surface area contributed by atoms with E-state index in [9.17, 15) is 14.7 Å². The molecule has 3 aromatic rings. The summed E-state index contributed by atoms with van der Waals surface area (Å²) in [4.78, 5) is 25.1. The molecule has 0 aliphatic carbocycles. The quantitative estimate of drug-likeness (QED) is 0.538. The van der Waals surface area contributed by atoms with E-state index in [2.05, 4.69) is 10.6 Å². The second-order valence-corrected chi connectivity index (χ2v) is 7.82. The van der Waals surface area contributed by atoms with Crippen LogP contribution in [0.15, 0.2) is 84.9 Å². The molecule has 1 heterocycles. The van der Waals surface area contributed by atoms with Crippen LogP contribution in [0, 0.1) is 5.92 Å². The first-order chi connectivity index (χ1) is 15.6. The van der Waals surface area contributed by atoms with Gasteiger partial charge in [-0.1, -0.05) is 66.7 Å². The fourth-order valence-corrected chi connectivity index (χ4v) is 3.86. The fraction of sp³-hybridized carbons (Fsp3) is 0.231. The molecule has 3 atom stereocenters. The van der Waals surface area contributed by atoms with Gasteiger partial charge >= 0.3 is 0 Å². The zero-order valence-corrected chi connectivity index (χ0v) is 17.6. The SMILES string of the molecule is O=C(NC[C@@H]1CO[C@H](CNC(=O)c2ccccc2-c2ccccc2)[C@H]1O)c1ccccc1. The average molecular weight is 431 g/mol. The minimum Gasteiger partial charge on any atom is -0.390 e. The Morgan fingerprint density at radius 3 is 2.19 bits per heavy atom. The molecule has 1 fully saturated rings. The van der Waals surface area contributed by atoms with Crippen molar-refractivity contribution in [1.29, 1.82) is 0 Å². The second kappa shape index (κ2) is 10.2. The summed E-state index contributed by atoms with van der Waals surface area (Å²) in [6.45, 7) is 0.805. The Morgan fingerprint density at radius 2 is 1.44 bits per heavy atom. The van der Waals surface area contributed by atoms with E-state index in [-0.39, 0.29) is 24.3 Å². The van der Waals surface area contributed by atoms with Crippen molar-refractivity contribution in [1.82, 2.24) is 10.6 Å². The van der Waals surface area contributed by atoms with Crippen LogP contribution in [0.2, 0.25) is 0 Å². The van der Waals surface area contributed by atoms with Crippen molar-refractivity contribution in [3.63, 3.8) is 0 Å². The average Bonchev–Trinajstić information content (AvgIpc) is 3.21. The highest BCUT2D eigenvalue weighted by molar-refractivity contribution is 6.00. The summed E-state index contributed by atoms with van der Waals surface area (Å²) in [6, 6.07) is 26.1. The van der Waals surface area contributed by atoms with E-state index in [0.29, 0.717) is 24.3 Å². The van der Waals surface area contributed by atoms with Gasteiger partial charge < -0.3 is 20.5 Å². The Bertz CT molecular complexity index is 1060. The summed E-state index contributed by atoms with van der Waals surface area (Å²) in [5, 5.41) is 16.3. The van der Waals surface area contributed by atoms with Crippen LogP contribution >= 0.6 is 0 Å². The summed E-state index contributed by atoms with van der Waals surface area (Å²) >= 11 is 0. The molecule has 1 saturated heterocycles. The standard InChI is InChI=1S/C26H26N2O4/c29-24-20(15-27-25(30)19-11-5-2-6-12-19)17-32-23(24)16-28-26(31)22-14-8-7-13-21(22)18-9-3-1-4-10-18/h1-14,20,23-24,29H,15-17H2,(H,27,30)(H,28,31)/t20-,23-,24+/m1/s1. The van der Waals surface area contributed by atoms with Crippen molar-refractivity contribution < 1.29 is 19.4 Å². The minimum absolute atomic E-state index is 0.187. The van der Waals surface area contributed by atoms with Crippen LogP contribution in [0.4, 0.5) is 0 Å². The van der Waals surface area contributed by atoms with Crippen LogP contribution in [0.5, 0.6) is 0 Å². The van der Waals surface area contributed by atoms with E-state index in [1.807, 2.05) is 54.6 Å². The number of ether oxygens (including phenoxy) is 1. The smallest absolute Gasteiger partial charge is 0.252 e. The lowest BCUT2D eigenvalue weighted by atomic mass is 9.99. The number of nitrogens with one attached hydrogen (secondary N) is 2. The Balaban J connectivity index is 1.31. The number of aliphatic hydroxyl groups excluding tert-OH is 1. The minimum atomic E-state index is -0.782. The van der Waals surface area contributed by atoms with Crippen molar-refractivity contribution in [2.75, 3.05) is 19.7 Å². The Labute approximate surface area is 187 Å². The van der Waals surface area contributed by atoms with Gasteiger partial charge in [0.05, 0.1) is 12.7 Å². The molecule has 1 aliphatic rings. The van der Waals surface area contributed by atoms with Gasteiger partial charge in [0.2, 0.25) is 0 Å². The summed E-state index contributed by atoms with van der Waals surface area (Å²) < 4.78 is 5.70. The summed E-state index contributed by atoms with van der Waals surface area (Å²) in [5.41, 5.74) is 2.95. The predicted molar refractivity (Wildman–Crippen MR) is 122 cm³/mol. The number of benzene rings is 3. The van der Waals surface area contributed by atoms with Crippen LogP contribution < -0.4 is 10.6 Å².